The number of primary amides is 1. The number of rotatable bonds is 1. The Balaban J connectivity index is 2.89. The molecule has 0 bridgehead atoms. The van der Waals surface area contributed by atoms with Crippen LogP contribution in [0, 0.1) is 0 Å². The Bertz CT molecular complexity index is 285. The van der Waals surface area contributed by atoms with E-state index < -0.39 is 6.03 Å². The average molecular weight is 230 g/mol. The van der Waals surface area contributed by atoms with Gasteiger partial charge >= 0.3 is 6.03 Å². The maximum absolute atomic E-state index is 10.7. The molecule has 0 fully saturated rings. The molecule has 1 aromatic rings. The minimum Gasteiger partial charge on any atom is -0.351 e. The van der Waals surface area contributed by atoms with Crippen LogP contribution in [0.25, 0.3) is 0 Å². The van der Waals surface area contributed by atoms with Gasteiger partial charge in [0, 0.05) is 17.7 Å². The van der Waals surface area contributed by atoms with Crippen LogP contribution < -0.4 is 10.6 Å². The predicted octanol–water partition coefficient (Wildman–Crippen LogP) is 1.36. The molecule has 4 nitrogen and oxygen atoms in total. The van der Waals surface area contributed by atoms with Gasteiger partial charge in [-0.3, -0.25) is 4.90 Å². The van der Waals surface area contributed by atoms with Crippen LogP contribution in [0.15, 0.2) is 22.8 Å². The number of aromatic nitrogens is 1. The number of hydrogen-bond donors (Lipinski definition) is 1. The van der Waals surface area contributed by atoms with Crippen molar-refractivity contribution in [1.82, 2.24) is 4.98 Å². The van der Waals surface area contributed by atoms with Crippen LogP contribution in [-0.2, 0) is 0 Å². The lowest BCUT2D eigenvalue weighted by molar-refractivity contribution is 0.255. The van der Waals surface area contributed by atoms with Crippen LogP contribution in [0.5, 0.6) is 0 Å². The number of anilines is 1. The molecule has 0 spiro atoms. The van der Waals surface area contributed by atoms with Crippen molar-refractivity contribution < 1.29 is 4.79 Å². The first-order valence-electron chi connectivity index (χ1n) is 3.26. The molecule has 2 N–H and O–H groups in total. The van der Waals surface area contributed by atoms with Gasteiger partial charge in [-0.15, -0.1) is 0 Å². The second-order valence-corrected chi connectivity index (χ2v) is 3.15. The Morgan fingerprint density at radius 3 is 2.75 bits per heavy atom. The molecule has 0 saturated carbocycles. The van der Waals surface area contributed by atoms with Crippen LogP contribution in [0.3, 0.4) is 0 Å². The summed E-state index contributed by atoms with van der Waals surface area (Å²) in [5, 5.41) is 0. The zero-order valence-corrected chi connectivity index (χ0v) is 8.08. The van der Waals surface area contributed by atoms with Gasteiger partial charge in [-0.25, -0.2) is 9.78 Å². The second kappa shape index (κ2) is 3.53. The molecule has 1 aromatic heterocycles. The van der Waals surface area contributed by atoms with E-state index in [2.05, 4.69) is 20.9 Å². The van der Waals surface area contributed by atoms with Gasteiger partial charge in [-0.2, -0.15) is 0 Å². The molecular formula is C7H8BrN3O. The highest BCUT2D eigenvalue weighted by Gasteiger charge is 2.05. The monoisotopic (exact) mass is 229 g/mol. The summed E-state index contributed by atoms with van der Waals surface area (Å²) in [6.45, 7) is 0. The summed E-state index contributed by atoms with van der Waals surface area (Å²) in [6.07, 6.45) is 1.61. The summed E-state index contributed by atoms with van der Waals surface area (Å²) >= 11 is 3.23. The molecule has 0 aliphatic rings. The van der Waals surface area contributed by atoms with Gasteiger partial charge in [0.25, 0.3) is 0 Å². The molecule has 0 aromatic carbocycles. The molecule has 2 amide bonds. The van der Waals surface area contributed by atoms with E-state index in [1.165, 1.54) is 4.90 Å². The van der Waals surface area contributed by atoms with Crippen LogP contribution in [0.4, 0.5) is 10.6 Å². The Hall–Kier alpha value is -1.10. The second-order valence-electron chi connectivity index (χ2n) is 2.23. The quantitative estimate of drug-likeness (QED) is 0.791. The van der Waals surface area contributed by atoms with Crippen LogP contribution in [0.2, 0.25) is 0 Å². The number of urea groups is 1. The van der Waals surface area contributed by atoms with Crippen molar-refractivity contribution in [2.45, 2.75) is 0 Å². The SMILES string of the molecule is CN(C(N)=O)c1ccc(Br)cn1. The molecule has 12 heavy (non-hydrogen) atoms. The van der Waals surface area contributed by atoms with Gasteiger partial charge in [0.15, 0.2) is 0 Å². The Labute approximate surface area is 78.5 Å². The highest BCUT2D eigenvalue weighted by Crippen LogP contribution is 2.12. The minimum absolute atomic E-state index is 0.523. The van der Waals surface area contributed by atoms with Gasteiger partial charge < -0.3 is 5.73 Å². The van der Waals surface area contributed by atoms with Crippen LogP contribution in [0.1, 0.15) is 0 Å². The molecule has 0 aliphatic heterocycles. The standard InChI is InChI=1S/C7H8BrN3O/c1-11(7(9)12)6-3-2-5(8)4-10-6/h2-4H,1H3,(H2,9,12). The van der Waals surface area contributed by atoms with Crippen molar-refractivity contribution in [2.75, 3.05) is 11.9 Å². The minimum atomic E-state index is -0.523. The maximum atomic E-state index is 10.7. The first-order chi connectivity index (χ1) is 5.61. The van der Waals surface area contributed by atoms with E-state index in [4.69, 9.17) is 5.73 Å². The molecule has 0 aliphatic carbocycles. The van der Waals surface area contributed by atoms with Crippen LogP contribution >= 0.6 is 15.9 Å². The Kier molecular flexibility index (Phi) is 2.65. The van der Waals surface area contributed by atoms with E-state index in [1.54, 1.807) is 25.4 Å². The third kappa shape index (κ3) is 1.94. The number of nitrogens with zero attached hydrogens (tertiary/aromatic N) is 2. The highest BCUT2D eigenvalue weighted by molar-refractivity contribution is 9.10. The first kappa shape index (κ1) is 8.99. The van der Waals surface area contributed by atoms with Gasteiger partial charge in [0.2, 0.25) is 0 Å². The van der Waals surface area contributed by atoms with Gasteiger partial charge in [0.05, 0.1) is 0 Å². The van der Waals surface area contributed by atoms with Gasteiger partial charge in [-0.1, -0.05) is 0 Å². The molecule has 0 atom stereocenters. The first-order valence-corrected chi connectivity index (χ1v) is 4.05. The zero-order valence-electron chi connectivity index (χ0n) is 6.49. The van der Waals surface area contributed by atoms with E-state index in [0.29, 0.717) is 5.82 Å². The average Bonchev–Trinajstić information content (AvgIpc) is 2.04. The highest BCUT2D eigenvalue weighted by atomic mass is 79.9. The maximum Gasteiger partial charge on any atom is 0.320 e. The smallest absolute Gasteiger partial charge is 0.320 e. The number of hydrogen-bond acceptors (Lipinski definition) is 2. The van der Waals surface area contributed by atoms with E-state index in [1.807, 2.05) is 0 Å². The van der Waals surface area contributed by atoms with E-state index >= 15 is 0 Å². The molecule has 0 unspecified atom stereocenters. The summed E-state index contributed by atoms with van der Waals surface area (Å²) in [5.41, 5.74) is 5.04. The fraction of sp³-hybridized carbons (Fsp3) is 0.143. The lowest BCUT2D eigenvalue weighted by Gasteiger charge is -2.12. The van der Waals surface area contributed by atoms with Crippen molar-refractivity contribution in [3.8, 4) is 0 Å². The van der Waals surface area contributed by atoms with Gasteiger partial charge in [-0.05, 0) is 28.1 Å². The number of carbonyl (C=O) groups excluding carboxylic acids is 1. The fourth-order valence-electron chi connectivity index (χ4n) is 0.679. The Morgan fingerprint density at radius 1 is 1.67 bits per heavy atom. The van der Waals surface area contributed by atoms with Crippen molar-refractivity contribution in [1.29, 1.82) is 0 Å². The molecule has 1 rings (SSSR count). The third-order valence-electron chi connectivity index (χ3n) is 1.39. The lowest BCUT2D eigenvalue weighted by Crippen LogP contribution is -2.32. The topological polar surface area (TPSA) is 59.2 Å². The number of carbonyl (C=O) groups is 1. The lowest BCUT2D eigenvalue weighted by atomic mass is 10.4. The number of amides is 2. The summed E-state index contributed by atoms with van der Waals surface area (Å²) in [4.78, 5) is 15.9. The summed E-state index contributed by atoms with van der Waals surface area (Å²) < 4.78 is 0.865. The van der Waals surface area contributed by atoms with Crippen molar-refractivity contribution >= 4 is 27.8 Å². The van der Waals surface area contributed by atoms with E-state index in [0.717, 1.165) is 4.47 Å². The van der Waals surface area contributed by atoms with Gasteiger partial charge in [0.1, 0.15) is 5.82 Å². The van der Waals surface area contributed by atoms with E-state index in [-0.39, 0.29) is 0 Å². The molecule has 5 heteroatoms. The fourth-order valence-corrected chi connectivity index (χ4v) is 0.914. The van der Waals surface area contributed by atoms with Crippen molar-refractivity contribution in [3.05, 3.63) is 22.8 Å². The zero-order chi connectivity index (χ0) is 9.14. The molecule has 64 valence electrons. The largest absolute Gasteiger partial charge is 0.351 e. The van der Waals surface area contributed by atoms with Crippen molar-refractivity contribution in [2.24, 2.45) is 5.73 Å². The molecule has 0 radical (unpaired) electrons. The summed E-state index contributed by atoms with van der Waals surface area (Å²) in [6, 6.07) is 2.97. The van der Waals surface area contributed by atoms with Crippen molar-refractivity contribution in [3.63, 3.8) is 0 Å². The number of nitrogens with two attached hydrogens (primary N) is 1. The molecule has 1 heterocycles. The summed E-state index contributed by atoms with van der Waals surface area (Å²) in [5.74, 6) is 0.533. The number of halogens is 1. The summed E-state index contributed by atoms with van der Waals surface area (Å²) in [7, 11) is 1.57. The third-order valence-corrected chi connectivity index (χ3v) is 1.86. The number of pyridine rings is 1. The Morgan fingerprint density at radius 2 is 2.33 bits per heavy atom. The predicted molar refractivity (Wildman–Crippen MR) is 49.9 cm³/mol. The van der Waals surface area contributed by atoms with E-state index in [9.17, 15) is 4.79 Å². The molecular weight excluding hydrogens is 222 g/mol. The van der Waals surface area contributed by atoms with Crippen LogP contribution in [-0.4, -0.2) is 18.1 Å². The molecule has 0 saturated heterocycles. The normalized spacial score (nSPS) is 9.50.